The van der Waals surface area contributed by atoms with E-state index in [0.717, 1.165) is 31.6 Å². The SMILES string of the molecule is O=C(c1cc(F)c(F)c(F)c1)N1CCC(OC[C@@H]2CCCO2)CC1. The Bertz CT molecular complexity index is 574. The molecular formula is C17H20F3NO3. The average Bonchev–Trinajstić information content (AvgIpc) is 3.11. The van der Waals surface area contributed by atoms with Crippen molar-refractivity contribution < 1.29 is 27.4 Å². The van der Waals surface area contributed by atoms with Gasteiger partial charge in [-0.2, -0.15) is 0 Å². The van der Waals surface area contributed by atoms with Gasteiger partial charge in [-0.25, -0.2) is 13.2 Å². The van der Waals surface area contributed by atoms with Crippen LogP contribution in [0.2, 0.25) is 0 Å². The van der Waals surface area contributed by atoms with Gasteiger partial charge in [-0.1, -0.05) is 0 Å². The Labute approximate surface area is 138 Å². The van der Waals surface area contributed by atoms with Gasteiger partial charge in [0.05, 0.1) is 18.8 Å². The first kappa shape index (κ1) is 17.2. The van der Waals surface area contributed by atoms with Crippen LogP contribution in [-0.2, 0) is 9.47 Å². The predicted molar refractivity (Wildman–Crippen MR) is 80.2 cm³/mol. The highest BCUT2D eigenvalue weighted by Gasteiger charge is 2.26. The van der Waals surface area contributed by atoms with Gasteiger partial charge in [0, 0.05) is 25.3 Å². The number of nitrogens with zero attached hydrogens (tertiary/aromatic N) is 1. The van der Waals surface area contributed by atoms with E-state index in [9.17, 15) is 18.0 Å². The maximum atomic E-state index is 13.3. The third-order valence-electron chi connectivity index (χ3n) is 4.50. The van der Waals surface area contributed by atoms with Gasteiger partial charge in [0.1, 0.15) is 0 Å². The molecule has 1 aromatic rings. The number of carbonyl (C=O) groups is 1. The largest absolute Gasteiger partial charge is 0.376 e. The zero-order valence-corrected chi connectivity index (χ0v) is 13.3. The molecule has 7 heteroatoms. The van der Waals surface area contributed by atoms with E-state index in [-0.39, 0.29) is 17.8 Å². The highest BCUT2D eigenvalue weighted by atomic mass is 19.2. The van der Waals surface area contributed by atoms with E-state index in [1.54, 1.807) is 0 Å². The summed E-state index contributed by atoms with van der Waals surface area (Å²) in [6, 6.07) is 1.47. The van der Waals surface area contributed by atoms with Gasteiger partial charge in [-0.15, -0.1) is 0 Å². The second kappa shape index (κ2) is 7.53. The third-order valence-corrected chi connectivity index (χ3v) is 4.50. The number of rotatable bonds is 4. The molecule has 1 aromatic carbocycles. The van der Waals surface area contributed by atoms with Crippen molar-refractivity contribution in [3.05, 3.63) is 35.1 Å². The minimum absolute atomic E-state index is 0.0555. The standard InChI is InChI=1S/C17H20F3NO3/c18-14-8-11(9-15(19)16(14)20)17(22)21-5-3-12(4-6-21)24-10-13-2-1-7-23-13/h8-9,12-13H,1-7,10H2/t13-/m0/s1. The molecule has 0 aromatic heterocycles. The summed E-state index contributed by atoms with van der Waals surface area (Å²) in [6.07, 6.45) is 3.61. The fourth-order valence-corrected chi connectivity index (χ4v) is 3.11. The van der Waals surface area contributed by atoms with E-state index >= 15 is 0 Å². The zero-order chi connectivity index (χ0) is 17.1. The van der Waals surface area contributed by atoms with Crippen molar-refractivity contribution in [2.75, 3.05) is 26.3 Å². The number of amides is 1. The molecule has 24 heavy (non-hydrogen) atoms. The lowest BCUT2D eigenvalue weighted by Gasteiger charge is -2.32. The zero-order valence-electron chi connectivity index (χ0n) is 13.3. The van der Waals surface area contributed by atoms with Crippen molar-refractivity contribution in [2.45, 2.75) is 37.9 Å². The molecule has 0 spiro atoms. The Kier molecular flexibility index (Phi) is 5.40. The van der Waals surface area contributed by atoms with Crippen molar-refractivity contribution >= 4 is 5.91 Å². The van der Waals surface area contributed by atoms with Gasteiger partial charge < -0.3 is 14.4 Å². The summed E-state index contributed by atoms with van der Waals surface area (Å²) in [6.45, 7) is 2.23. The highest BCUT2D eigenvalue weighted by Crippen LogP contribution is 2.20. The first-order valence-electron chi connectivity index (χ1n) is 8.21. The quantitative estimate of drug-likeness (QED) is 0.789. The van der Waals surface area contributed by atoms with Crippen molar-refractivity contribution in [3.8, 4) is 0 Å². The molecule has 2 aliphatic heterocycles. The Hall–Kier alpha value is -1.60. The molecule has 3 rings (SSSR count). The van der Waals surface area contributed by atoms with Gasteiger partial charge in [0.25, 0.3) is 5.91 Å². The fourth-order valence-electron chi connectivity index (χ4n) is 3.11. The first-order chi connectivity index (χ1) is 11.5. The van der Waals surface area contributed by atoms with Crippen LogP contribution in [0.25, 0.3) is 0 Å². The minimum Gasteiger partial charge on any atom is -0.376 e. The molecule has 1 amide bonds. The Morgan fingerprint density at radius 3 is 2.42 bits per heavy atom. The van der Waals surface area contributed by atoms with Crippen LogP contribution in [0.15, 0.2) is 12.1 Å². The van der Waals surface area contributed by atoms with Gasteiger partial charge in [-0.3, -0.25) is 4.79 Å². The number of halogens is 3. The highest BCUT2D eigenvalue weighted by molar-refractivity contribution is 5.94. The van der Waals surface area contributed by atoms with Crippen LogP contribution in [0.1, 0.15) is 36.0 Å². The maximum Gasteiger partial charge on any atom is 0.254 e. The van der Waals surface area contributed by atoms with Crippen LogP contribution in [0, 0.1) is 17.5 Å². The fraction of sp³-hybridized carbons (Fsp3) is 0.588. The molecule has 2 aliphatic rings. The number of carbonyl (C=O) groups excluding carboxylic acids is 1. The molecule has 0 aliphatic carbocycles. The van der Waals surface area contributed by atoms with E-state index < -0.39 is 23.4 Å². The number of hydrogen-bond donors (Lipinski definition) is 0. The lowest BCUT2D eigenvalue weighted by atomic mass is 10.1. The molecule has 132 valence electrons. The van der Waals surface area contributed by atoms with Gasteiger partial charge in [0.15, 0.2) is 17.5 Å². The second-order valence-electron chi connectivity index (χ2n) is 6.21. The smallest absolute Gasteiger partial charge is 0.254 e. The van der Waals surface area contributed by atoms with Gasteiger partial charge in [-0.05, 0) is 37.8 Å². The second-order valence-corrected chi connectivity index (χ2v) is 6.21. The maximum absolute atomic E-state index is 13.3. The first-order valence-corrected chi connectivity index (χ1v) is 8.21. The molecule has 0 radical (unpaired) electrons. The molecular weight excluding hydrogens is 323 g/mol. The monoisotopic (exact) mass is 343 g/mol. The summed E-state index contributed by atoms with van der Waals surface area (Å²) in [5.74, 6) is -4.76. The van der Waals surface area contributed by atoms with Crippen LogP contribution in [0.3, 0.4) is 0 Å². The number of likely N-dealkylation sites (tertiary alicyclic amines) is 1. The van der Waals surface area contributed by atoms with Gasteiger partial charge in [0.2, 0.25) is 0 Å². The summed E-state index contributed by atoms with van der Waals surface area (Å²) >= 11 is 0. The summed E-state index contributed by atoms with van der Waals surface area (Å²) in [4.78, 5) is 13.8. The van der Waals surface area contributed by atoms with Crippen molar-refractivity contribution in [1.29, 1.82) is 0 Å². The molecule has 0 bridgehead atoms. The normalized spacial score (nSPS) is 22.1. The van der Waals surface area contributed by atoms with Crippen LogP contribution < -0.4 is 0 Å². The van der Waals surface area contributed by atoms with Crippen molar-refractivity contribution in [2.24, 2.45) is 0 Å². The lowest BCUT2D eigenvalue weighted by Crippen LogP contribution is -2.41. The molecule has 4 nitrogen and oxygen atoms in total. The van der Waals surface area contributed by atoms with Crippen LogP contribution in [0.4, 0.5) is 13.2 Å². The van der Waals surface area contributed by atoms with Crippen molar-refractivity contribution in [1.82, 2.24) is 4.90 Å². The summed E-state index contributed by atoms with van der Waals surface area (Å²) in [7, 11) is 0. The summed E-state index contributed by atoms with van der Waals surface area (Å²) in [5, 5.41) is 0. The molecule has 1 atom stereocenters. The molecule has 2 saturated heterocycles. The van der Waals surface area contributed by atoms with Gasteiger partial charge >= 0.3 is 0 Å². The average molecular weight is 343 g/mol. The number of piperidine rings is 1. The van der Waals surface area contributed by atoms with Crippen molar-refractivity contribution in [3.63, 3.8) is 0 Å². The van der Waals surface area contributed by atoms with E-state index in [2.05, 4.69) is 0 Å². The number of ether oxygens (including phenoxy) is 2. The molecule has 2 heterocycles. The van der Waals surface area contributed by atoms with Crippen LogP contribution in [-0.4, -0.2) is 49.3 Å². The third kappa shape index (κ3) is 3.89. The predicted octanol–water partition coefficient (Wildman–Crippen LogP) is 2.90. The lowest BCUT2D eigenvalue weighted by molar-refractivity contribution is -0.0395. The summed E-state index contributed by atoms with van der Waals surface area (Å²) < 4.78 is 50.8. The van der Waals surface area contributed by atoms with E-state index in [0.29, 0.717) is 32.5 Å². The molecule has 0 unspecified atom stereocenters. The Morgan fingerprint density at radius 2 is 1.83 bits per heavy atom. The van der Waals surface area contributed by atoms with Crippen LogP contribution in [0.5, 0.6) is 0 Å². The van der Waals surface area contributed by atoms with Crippen LogP contribution >= 0.6 is 0 Å². The summed E-state index contributed by atoms with van der Waals surface area (Å²) in [5.41, 5.74) is -0.176. The Morgan fingerprint density at radius 1 is 1.17 bits per heavy atom. The van der Waals surface area contributed by atoms with E-state index in [1.807, 2.05) is 0 Å². The minimum atomic E-state index is -1.56. The molecule has 2 fully saturated rings. The topological polar surface area (TPSA) is 38.8 Å². The number of benzene rings is 1. The Balaban J connectivity index is 1.51. The number of hydrogen-bond acceptors (Lipinski definition) is 3. The van der Waals surface area contributed by atoms with E-state index in [1.165, 1.54) is 4.90 Å². The van der Waals surface area contributed by atoms with E-state index in [4.69, 9.17) is 9.47 Å². The molecule has 0 N–H and O–H groups in total. The molecule has 0 saturated carbocycles.